The molecule has 1 aromatic carbocycles. The summed E-state index contributed by atoms with van der Waals surface area (Å²) in [5.41, 5.74) is 10.1. The Balaban J connectivity index is 2.07. The predicted octanol–water partition coefficient (Wildman–Crippen LogP) is 2.88. The zero-order chi connectivity index (χ0) is 14.1. The van der Waals surface area contributed by atoms with Gasteiger partial charge < -0.3 is 10.5 Å². The zero-order valence-electron chi connectivity index (χ0n) is 11.6. The van der Waals surface area contributed by atoms with Crippen LogP contribution in [0.3, 0.4) is 0 Å². The fourth-order valence-corrected chi connectivity index (χ4v) is 3.25. The van der Waals surface area contributed by atoms with Gasteiger partial charge in [0.1, 0.15) is 5.75 Å². The van der Waals surface area contributed by atoms with Gasteiger partial charge in [0, 0.05) is 18.0 Å². The molecular weight excluding hydrogens is 270 g/mol. The van der Waals surface area contributed by atoms with Gasteiger partial charge in [0.2, 0.25) is 0 Å². The third kappa shape index (κ3) is 2.19. The molecule has 3 aromatic rings. The number of aryl methyl sites for hydroxylation is 1. The number of imidazole rings is 1. The molecule has 4 nitrogen and oxygen atoms in total. The van der Waals surface area contributed by atoms with Gasteiger partial charge in [-0.2, -0.15) is 0 Å². The van der Waals surface area contributed by atoms with Crippen LogP contribution in [0.1, 0.15) is 11.3 Å². The SMILES string of the molecule is COc1ccc(-c2csc3nc(CCN)cn23)cc1C. The Bertz CT molecular complexity index is 745. The summed E-state index contributed by atoms with van der Waals surface area (Å²) in [5, 5.41) is 2.13. The van der Waals surface area contributed by atoms with E-state index in [0.29, 0.717) is 6.54 Å². The monoisotopic (exact) mass is 287 g/mol. The van der Waals surface area contributed by atoms with E-state index < -0.39 is 0 Å². The van der Waals surface area contributed by atoms with Crippen molar-refractivity contribution in [2.24, 2.45) is 5.73 Å². The van der Waals surface area contributed by atoms with E-state index in [4.69, 9.17) is 10.5 Å². The molecule has 0 unspecified atom stereocenters. The van der Waals surface area contributed by atoms with Crippen molar-refractivity contribution in [3.8, 4) is 17.0 Å². The van der Waals surface area contributed by atoms with Gasteiger partial charge in [0.05, 0.1) is 18.5 Å². The predicted molar refractivity (Wildman–Crippen MR) is 82.6 cm³/mol. The van der Waals surface area contributed by atoms with Crippen LogP contribution < -0.4 is 10.5 Å². The minimum absolute atomic E-state index is 0.627. The highest BCUT2D eigenvalue weighted by Crippen LogP contribution is 2.29. The average Bonchev–Trinajstić information content (AvgIpc) is 2.98. The quantitative estimate of drug-likeness (QED) is 0.802. The molecule has 0 saturated carbocycles. The molecule has 2 heterocycles. The number of hydrogen-bond acceptors (Lipinski definition) is 4. The number of rotatable bonds is 4. The van der Waals surface area contributed by atoms with Crippen LogP contribution in [0.5, 0.6) is 5.75 Å². The van der Waals surface area contributed by atoms with E-state index in [9.17, 15) is 0 Å². The highest BCUT2D eigenvalue weighted by atomic mass is 32.1. The number of methoxy groups -OCH3 is 1. The lowest BCUT2D eigenvalue weighted by Crippen LogP contribution is -2.02. The lowest BCUT2D eigenvalue weighted by atomic mass is 10.1. The second-order valence-corrected chi connectivity index (χ2v) is 5.57. The summed E-state index contributed by atoms with van der Waals surface area (Å²) in [6.45, 7) is 2.68. The summed E-state index contributed by atoms with van der Waals surface area (Å²) in [6.07, 6.45) is 2.89. The maximum atomic E-state index is 5.59. The van der Waals surface area contributed by atoms with Gasteiger partial charge in [-0.25, -0.2) is 4.98 Å². The van der Waals surface area contributed by atoms with Crippen LogP contribution in [0.4, 0.5) is 0 Å². The molecular formula is C15H17N3OS. The van der Waals surface area contributed by atoms with E-state index >= 15 is 0 Å². The van der Waals surface area contributed by atoms with Crippen molar-refractivity contribution in [1.29, 1.82) is 0 Å². The van der Waals surface area contributed by atoms with Crippen molar-refractivity contribution in [3.05, 3.63) is 41.0 Å². The van der Waals surface area contributed by atoms with Crippen LogP contribution >= 0.6 is 11.3 Å². The van der Waals surface area contributed by atoms with E-state index in [0.717, 1.165) is 34.1 Å². The molecule has 0 bridgehead atoms. The fourth-order valence-electron chi connectivity index (χ4n) is 2.34. The summed E-state index contributed by atoms with van der Waals surface area (Å²) in [5.74, 6) is 0.912. The molecule has 2 aromatic heterocycles. The molecule has 0 amide bonds. The first-order chi connectivity index (χ1) is 9.72. The van der Waals surface area contributed by atoms with Crippen molar-refractivity contribution < 1.29 is 4.74 Å². The molecule has 0 radical (unpaired) electrons. The van der Waals surface area contributed by atoms with E-state index in [1.54, 1.807) is 18.4 Å². The number of thiazole rings is 1. The molecule has 3 rings (SSSR count). The van der Waals surface area contributed by atoms with E-state index in [1.165, 1.54) is 5.56 Å². The summed E-state index contributed by atoms with van der Waals surface area (Å²) in [6, 6.07) is 6.23. The van der Waals surface area contributed by atoms with E-state index in [1.807, 2.05) is 6.07 Å². The van der Waals surface area contributed by atoms with Gasteiger partial charge in [-0.05, 0) is 42.8 Å². The highest BCUT2D eigenvalue weighted by Gasteiger charge is 2.10. The first-order valence-electron chi connectivity index (χ1n) is 6.53. The Morgan fingerprint density at radius 3 is 2.95 bits per heavy atom. The summed E-state index contributed by atoms with van der Waals surface area (Å²) in [7, 11) is 1.69. The van der Waals surface area contributed by atoms with Crippen LogP contribution in [0.25, 0.3) is 16.2 Å². The Kier molecular flexibility index (Phi) is 3.46. The van der Waals surface area contributed by atoms with Gasteiger partial charge in [0.25, 0.3) is 0 Å². The minimum Gasteiger partial charge on any atom is -0.496 e. The number of ether oxygens (including phenoxy) is 1. The molecule has 104 valence electrons. The van der Waals surface area contributed by atoms with Crippen LogP contribution in [0, 0.1) is 6.92 Å². The molecule has 2 N–H and O–H groups in total. The first-order valence-corrected chi connectivity index (χ1v) is 7.41. The van der Waals surface area contributed by atoms with Gasteiger partial charge >= 0.3 is 0 Å². The number of benzene rings is 1. The Morgan fingerprint density at radius 2 is 2.25 bits per heavy atom. The second-order valence-electron chi connectivity index (χ2n) is 4.73. The van der Waals surface area contributed by atoms with Gasteiger partial charge in [-0.1, -0.05) is 0 Å². The lowest BCUT2D eigenvalue weighted by Gasteiger charge is -2.06. The number of nitrogens with zero attached hydrogens (tertiary/aromatic N) is 2. The fraction of sp³-hybridized carbons (Fsp3) is 0.267. The maximum absolute atomic E-state index is 5.59. The second kappa shape index (κ2) is 5.26. The van der Waals surface area contributed by atoms with Crippen LogP contribution in [-0.4, -0.2) is 23.0 Å². The molecule has 0 aliphatic rings. The van der Waals surface area contributed by atoms with Gasteiger partial charge in [-0.15, -0.1) is 11.3 Å². The van der Waals surface area contributed by atoms with Crippen LogP contribution in [0.2, 0.25) is 0 Å². The standard InChI is InChI=1S/C15H17N3OS/c1-10-7-11(3-4-14(10)19-2)13-9-20-15-17-12(5-6-16)8-18(13)15/h3-4,7-9H,5-6,16H2,1-2H3. The topological polar surface area (TPSA) is 52.5 Å². The van der Waals surface area contributed by atoms with Crippen LogP contribution in [0.15, 0.2) is 29.8 Å². The minimum atomic E-state index is 0.627. The largest absolute Gasteiger partial charge is 0.496 e. The average molecular weight is 287 g/mol. The Morgan fingerprint density at radius 1 is 1.40 bits per heavy atom. The maximum Gasteiger partial charge on any atom is 0.194 e. The normalized spacial score (nSPS) is 11.2. The summed E-state index contributed by atoms with van der Waals surface area (Å²) in [4.78, 5) is 5.59. The van der Waals surface area contributed by atoms with Crippen LogP contribution in [-0.2, 0) is 6.42 Å². The van der Waals surface area contributed by atoms with Crippen molar-refractivity contribution >= 4 is 16.3 Å². The molecule has 0 saturated heterocycles. The van der Waals surface area contributed by atoms with Crippen molar-refractivity contribution in [1.82, 2.24) is 9.38 Å². The number of nitrogens with two attached hydrogens (primary N) is 1. The number of aromatic nitrogens is 2. The third-order valence-corrected chi connectivity index (χ3v) is 4.19. The van der Waals surface area contributed by atoms with Gasteiger partial charge in [-0.3, -0.25) is 4.40 Å². The Labute approximate surface area is 121 Å². The molecule has 0 atom stereocenters. The van der Waals surface area contributed by atoms with E-state index in [-0.39, 0.29) is 0 Å². The number of hydrogen-bond donors (Lipinski definition) is 1. The number of fused-ring (bicyclic) bond motifs is 1. The molecule has 0 spiro atoms. The van der Waals surface area contributed by atoms with Crippen molar-refractivity contribution in [3.63, 3.8) is 0 Å². The van der Waals surface area contributed by atoms with Crippen molar-refractivity contribution in [2.45, 2.75) is 13.3 Å². The molecule has 5 heteroatoms. The van der Waals surface area contributed by atoms with Crippen molar-refractivity contribution in [2.75, 3.05) is 13.7 Å². The lowest BCUT2D eigenvalue weighted by molar-refractivity contribution is 0.412. The Hall–Kier alpha value is -1.85. The summed E-state index contributed by atoms with van der Waals surface area (Å²) < 4.78 is 7.45. The third-order valence-electron chi connectivity index (χ3n) is 3.35. The van der Waals surface area contributed by atoms with E-state index in [2.05, 4.69) is 40.0 Å². The summed E-state index contributed by atoms with van der Waals surface area (Å²) >= 11 is 1.65. The van der Waals surface area contributed by atoms with Gasteiger partial charge in [0.15, 0.2) is 4.96 Å². The smallest absolute Gasteiger partial charge is 0.194 e. The first kappa shape index (κ1) is 13.1. The highest BCUT2D eigenvalue weighted by molar-refractivity contribution is 7.15. The molecule has 20 heavy (non-hydrogen) atoms. The molecule has 0 aliphatic heterocycles. The molecule has 0 aliphatic carbocycles. The molecule has 0 fully saturated rings. The zero-order valence-corrected chi connectivity index (χ0v) is 12.4.